The van der Waals surface area contributed by atoms with Crippen molar-refractivity contribution in [2.24, 2.45) is 12.5 Å². The highest BCUT2D eigenvalue weighted by molar-refractivity contribution is 5.77. The molecule has 4 heteroatoms. The van der Waals surface area contributed by atoms with Crippen LogP contribution < -0.4 is 10.1 Å². The number of aromatic nitrogens is 2. The second-order valence-corrected chi connectivity index (χ2v) is 6.36. The van der Waals surface area contributed by atoms with Crippen LogP contribution in [0.15, 0.2) is 18.2 Å². The number of ether oxygens (including phenoxy) is 1. The van der Waals surface area contributed by atoms with Gasteiger partial charge in [-0.3, -0.25) is 0 Å². The lowest BCUT2D eigenvalue weighted by Gasteiger charge is -2.38. The topological polar surface area (TPSA) is 39.1 Å². The van der Waals surface area contributed by atoms with E-state index in [0.717, 1.165) is 29.2 Å². The minimum absolute atomic E-state index is 0.234. The van der Waals surface area contributed by atoms with Crippen molar-refractivity contribution in [2.45, 2.75) is 32.7 Å². The Bertz CT molecular complexity index is 630. The maximum absolute atomic E-state index is 5.29. The van der Waals surface area contributed by atoms with E-state index in [1.807, 2.05) is 12.1 Å². The predicted octanol–water partition coefficient (Wildman–Crippen LogP) is 3.03. The molecule has 0 radical (unpaired) electrons. The molecular weight excluding hydrogens is 250 g/mol. The van der Waals surface area contributed by atoms with Crippen molar-refractivity contribution in [1.29, 1.82) is 0 Å². The van der Waals surface area contributed by atoms with Crippen LogP contribution in [0.2, 0.25) is 0 Å². The van der Waals surface area contributed by atoms with E-state index in [1.54, 1.807) is 7.11 Å². The van der Waals surface area contributed by atoms with E-state index in [9.17, 15) is 0 Å². The van der Waals surface area contributed by atoms with E-state index in [2.05, 4.69) is 36.8 Å². The van der Waals surface area contributed by atoms with Crippen LogP contribution in [-0.2, 0) is 7.05 Å². The van der Waals surface area contributed by atoms with Crippen molar-refractivity contribution in [1.82, 2.24) is 14.9 Å². The van der Waals surface area contributed by atoms with E-state index in [4.69, 9.17) is 9.72 Å². The van der Waals surface area contributed by atoms with Gasteiger partial charge < -0.3 is 14.6 Å². The largest absolute Gasteiger partial charge is 0.497 e. The molecule has 4 nitrogen and oxygen atoms in total. The molecule has 1 fully saturated rings. The number of fused-ring (bicyclic) bond motifs is 1. The van der Waals surface area contributed by atoms with Crippen molar-refractivity contribution in [3.8, 4) is 5.75 Å². The maximum atomic E-state index is 5.29. The van der Waals surface area contributed by atoms with Gasteiger partial charge in [0.1, 0.15) is 11.6 Å². The number of nitrogens with zero attached hydrogens (tertiary/aromatic N) is 2. The Morgan fingerprint density at radius 3 is 2.90 bits per heavy atom. The van der Waals surface area contributed by atoms with E-state index >= 15 is 0 Å². The van der Waals surface area contributed by atoms with Crippen LogP contribution in [0.3, 0.4) is 0 Å². The first-order valence-corrected chi connectivity index (χ1v) is 7.27. The monoisotopic (exact) mass is 273 g/mol. The van der Waals surface area contributed by atoms with Crippen LogP contribution in [0.1, 0.15) is 38.6 Å². The highest BCUT2D eigenvalue weighted by Crippen LogP contribution is 2.40. The zero-order chi connectivity index (χ0) is 14.3. The van der Waals surface area contributed by atoms with Gasteiger partial charge in [-0.25, -0.2) is 4.98 Å². The van der Waals surface area contributed by atoms with Crippen LogP contribution in [0.4, 0.5) is 0 Å². The second kappa shape index (κ2) is 4.77. The number of rotatable bonds is 2. The third-order valence-corrected chi connectivity index (χ3v) is 4.51. The Labute approximate surface area is 120 Å². The minimum atomic E-state index is 0.234. The molecule has 2 heterocycles. The first-order chi connectivity index (χ1) is 9.53. The van der Waals surface area contributed by atoms with Crippen LogP contribution in [0, 0.1) is 5.41 Å². The Morgan fingerprint density at radius 2 is 2.20 bits per heavy atom. The molecule has 20 heavy (non-hydrogen) atoms. The summed E-state index contributed by atoms with van der Waals surface area (Å²) >= 11 is 0. The van der Waals surface area contributed by atoms with Gasteiger partial charge in [-0.2, -0.15) is 0 Å². The molecule has 1 atom stereocenters. The molecule has 1 aliphatic rings. The lowest BCUT2D eigenvalue weighted by atomic mass is 9.77. The van der Waals surface area contributed by atoms with E-state index in [0.29, 0.717) is 6.04 Å². The van der Waals surface area contributed by atoms with Gasteiger partial charge in [-0.05, 0) is 36.9 Å². The van der Waals surface area contributed by atoms with Gasteiger partial charge in [-0.15, -0.1) is 0 Å². The number of benzene rings is 1. The van der Waals surface area contributed by atoms with Gasteiger partial charge >= 0.3 is 0 Å². The molecule has 0 aliphatic carbocycles. The zero-order valence-electron chi connectivity index (χ0n) is 12.7. The van der Waals surface area contributed by atoms with Crippen molar-refractivity contribution >= 4 is 11.0 Å². The molecule has 0 spiro atoms. The van der Waals surface area contributed by atoms with E-state index in [-0.39, 0.29) is 5.41 Å². The summed E-state index contributed by atoms with van der Waals surface area (Å²) in [4.78, 5) is 4.86. The smallest absolute Gasteiger partial charge is 0.127 e. The van der Waals surface area contributed by atoms with E-state index in [1.165, 1.54) is 12.8 Å². The SMILES string of the molecule is COc1ccc2c(c1)nc(C1NCCCC1(C)C)n2C. The van der Waals surface area contributed by atoms with E-state index < -0.39 is 0 Å². The normalized spacial score (nSPS) is 22.1. The third-order valence-electron chi connectivity index (χ3n) is 4.51. The number of methoxy groups -OCH3 is 1. The van der Waals surface area contributed by atoms with Crippen molar-refractivity contribution in [2.75, 3.05) is 13.7 Å². The molecular formula is C16H23N3O. The molecule has 1 unspecified atom stereocenters. The molecule has 3 rings (SSSR count). The van der Waals surface area contributed by atoms with Gasteiger partial charge in [0.25, 0.3) is 0 Å². The molecule has 0 saturated carbocycles. The summed E-state index contributed by atoms with van der Waals surface area (Å²) in [6.45, 7) is 5.72. The fourth-order valence-electron chi connectivity index (χ4n) is 3.24. The molecule has 0 bridgehead atoms. The van der Waals surface area contributed by atoms with Crippen LogP contribution >= 0.6 is 0 Å². The Kier molecular flexibility index (Phi) is 3.21. The third kappa shape index (κ3) is 2.08. The van der Waals surface area contributed by atoms with Crippen molar-refractivity contribution in [3.63, 3.8) is 0 Å². The second-order valence-electron chi connectivity index (χ2n) is 6.36. The Hall–Kier alpha value is -1.55. The zero-order valence-corrected chi connectivity index (χ0v) is 12.7. The quantitative estimate of drug-likeness (QED) is 0.914. The summed E-state index contributed by atoms with van der Waals surface area (Å²) in [6.07, 6.45) is 2.47. The molecule has 1 saturated heterocycles. The number of piperidine rings is 1. The summed E-state index contributed by atoms with van der Waals surface area (Å²) in [5.41, 5.74) is 2.39. The summed E-state index contributed by atoms with van der Waals surface area (Å²) in [5.74, 6) is 1.98. The molecule has 1 N–H and O–H groups in total. The van der Waals surface area contributed by atoms with Crippen LogP contribution in [0.25, 0.3) is 11.0 Å². The number of aryl methyl sites for hydroxylation is 1. The summed E-state index contributed by atoms with van der Waals surface area (Å²) in [6, 6.07) is 6.39. The lowest BCUT2D eigenvalue weighted by molar-refractivity contribution is 0.172. The number of imidazole rings is 1. The van der Waals surface area contributed by atoms with Gasteiger partial charge in [0, 0.05) is 13.1 Å². The Balaban J connectivity index is 2.09. The standard InChI is InChI=1S/C16H23N3O/c1-16(2)8-5-9-17-14(16)15-18-12-10-11(20-4)6-7-13(12)19(15)3/h6-7,10,14,17H,5,8-9H2,1-4H3. The predicted molar refractivity (Wildman–Crippen MR) is 81.0 cm³/mol. The summed E-state index contributed by atoms with van der Waals surface area (Å²) < 4.78 is 7.50. The Morgan fingerprint density at radius 1 is 1.40 bits per heavy atom. The number of hydrogen-bond donors (Lipinski definition) is 1. The van der Waals surface area contributed by atoms with Gasteiger partial charge in [0.05, 0.1) is 24.2 Å². The van der Waals surface area contributed by atoms with Gasteiger partial charge in [0.2, 0.25) is 0 Å². The first-order valence-electron chi connectivity index (χ1n) is 7.27. The summed E-state index contributed by atoms with van der Waals surface area (Å²) in [7, 11) is 3.79. The molecule has 1 aromatic carbocycles. The minimum Gasteiger partial charge on any atom is -0.497 e. The molecule has 0 amide bonds. The first kappa shape index (κ1) is 13.4. The van der Waals surface area contributed by atoms with Crippen LogP contribution in [0.5, 0.6) is 5.75 Å². The molecule has 1 aromatic heterocycles. The maximum Gasteiger partial charge on any atom is 0.127 e. The molecule has 2 aromatic rings. The molecule has 108 valence electrons. The summed E-state index contributed by atoms with van der Waals surface area (Å²) in [5, 5.41) is 3.64. The van der Waals surface area contributed by atoms with Gasteiger partial charge in [-0.1, -0.05) is 13.8 Å². The number of hydrogen-bond acceptors (Lipinski definition) is 3. The number of nitrogens with one attached hydrogen (secondary N) is 1. The fourth-order valence-corrected chi connectivity index (χ4v) is 3.24. The highest BCUT2D eigenvalue weighted by atomic mass is 16.5. The fraction of sp³-hybridized carbons (Fsp3) is 0.562. The highest BCUT2D eigenvalue weighted by Gasteiger charge is 2.36. The van der Waals surface area contributed by atoms with Gasteiger partial charge in [0.15, 0.2) is 0 Å². The van der Waals surface area contributed by atoms with Crippen LogP contribution in [-0.4, -0.2) is 23.2 Å². The average Bonchev–Trinajstić information content (AvgIpc) is 2.75. The van der Waals surface area contributed by atoms with Crippen molar-refractivity contribution in [3.05, 3.63) is 24.0 Å². The lowest BCUT2D eigenvalue weighted by Crippen LogP contribution is -2.41. The van der Waals surface area contributed by atoms with Crippen molar-refractivity contribution < 1.29 is 4.74 Å². The molecule has 1 aliphatic heterocycles. The average molecular weight is 273 g/mol.